The summed E-state index contributed by atoms with van der Waals surface area (Å²) in [5.74, 6) is -0.00548. The third kappa shape index (κ3) is 7.11. The number of hydrogen-bond donors (Lipinski definition) is 2. The Morgan fingerprint density at radius 2 is 1.59 bits per heavy atom. The molecule has 0 radical (unpaired) electrons. The molecule has 1 saturated carbocycles. The highest BCUT2D eigenvalue weighted by molar-refractivity contribution is 5.95. The molecule has 188 valence electrons. The monoisotopic (exact) mass is 471 g/mol. The van der Waals surface area contributed by atoms with Gasteiger partial charge in [-0.2, -0.15) is 0 Å². The quantitative estimate of drug-likeness (QED) is 0.663. The zero-order chi connectivity index (χ0) is 24.9. The van der Waals surface area contributed by atoms with E-state index in [9.17, 15) is 14.4 Å². The summed E-state index contributed by atoms with van der Waals surface area (Å²) >= 11 is 0. The molecule has 1 aliphatic carbocycles. The summed E-state index contributed by atoms with van der Waals surface area (Å²) in [4.78, 5) is 43.7. The van der Waals surface area contributed by atoms with Crippen LogP contribution in [0.25, 0.3) is 0 Å². The van der Waals surface area contributed by atoms with Crippen molar-refractivity contribution in [2.75, 3.05) is 42.9 Å². The lowest BCUT2D eigenvalue weighted by Gasteiger charge is -2.37. The molecule has 1 heterocycles. The number of urea groups is 1. The lowest BCUT2D eigenvalue weighted by atomic mass is 10.1. The van der Waals surface area contributed by atoms with Gasteiger partial charge in [0.1, 0.15) is 6.54 Å². The summed E-state index contributed by atoms with van der Waals surface area (Å²) < 4.78 is 0. The topological polar surface area (TPSA) is 85.0 Å². The van der Waals surface area contributed by atoms with E-state index in [0.717, 1.165) is 44.5 Å². The smallest absolute Gasteiger partial charge is 0.317 e. The van der Waals surface area contributed by atoms with Crippen molar-refractivity contribution in [2.45, 2.75) is 71.9 Å². The molecule has 34 heavy (non-hydrogen) atoms. The molecule has 1 aromatic carbocycles. The van der Waals surface area contributed by atoms with Gasteiger partial charge in [-0.15, -0.1) is 0 Å². The van der Waals surface area contributed by atoms with Crippen LogP contribution in [0.3, 0.4) is 0 Å². The number of nitrogens with zero attached hydrogens (tertiary/aromatic N) is 3. The van der Waals surface area contributed by atoms with Crippen molar-refractivity contribution >= 4 is 29.2 Å². The van der Waals surface area contributed by atoms with Gasteiger partial charge in [0.2, 0.25) is 11.8 Å². The maximum atomic E-state index is 12.8. The van der Waals surface area contributed by atoms with E-state index in [1.54, 1.807) is 4.90 Å². The molecule has 8 nitrogen and oxygen atoms in total. The van der Waals surface area contributed by atoms with Crippen molar-refractivity contribution in [1.82, 2.24) is 15.1 Å². The summed E-state index contributed by atoms with van der Waals surface area (Å²) in [5.41, 5.74) is 1.54. The van der Waals surface area contributed by atoms with Gasteiger partial charge in [-0.25, -0.2) is 4.79 Å². The number of piperazine rings is 1. The second-order valence-corrected chi connectivity index (χ2v) is 10.8. The predicted octanol–water partition coefficient (Wildman–Crippen LogP) is 3.68. The van der Waals surface area contributed by atoms with Crippen LogP contribution in [0.1, 0.15) is 60.3 Å². The normalized spacial score (nSPS) is 17.1. The molecule has 2 N–H and O–H groups in total. The Morgan fingerprint density at radius 3 is 2.12 bits per heavy atom. The fourth-order valence-corrected chi connectivity index (χ4v) is 4.60. The molecular weight excluding hydrogens is 430 g/mol. The number of benzene rings is 1. The van der Waals surface area contributed by atoms with Gasteiger partial charge in [-0.05, 0) is 71.7 Å². The van der Waals surface area contributed by atoms with Crippen molar-refractivity contribution in [3.63, 3.8) is 0 Å². The van der Waals surface area contributed by atoms with Gasteiger partial charge < -0.3 is 25.3 Å². The number of hydrogen-bond acceptors (Lipinski definition) is 4. The molecule has 0 spiro atoms. The third-order valence-electron chi connectivity index (χ3n) is 6.49. The highest BCUT2D eigenvalue weighted by Gasteiger charge is 2.30. The van der Waals surface area contributed by atoms with Gasteiger partial charge in [0.15, 0.2) is 0 Å². The molecule has 2 aliphatic rings. The first-order valence-corrected chi connectivity index (χ1v) is 12.6. The van der Waals surface area contributed by atoms with E-state index < -0.39 is 0 Å². The standard InChI is InChI=1S/C26H41N5O3/c1-19(2)31(24(33)20-8-6-7-9-20)18-23(32)27-21-10-12-22(13-11-21)29-14-16-30(17-15-29)25(34)28-26(3,4)5/h10-13,19-20H,6-9,14-18H2,1-5H3,(H,27,32)(H,28,34). The first kappa shape index (κ1) is 25.8. The summed E-state index contributed by atoms with van der Waals surface area (Å²) in [6.07, 6.45) is 4.06. The Balaban J connectivity index is 1.50. The molecular formula is C26H41N5O3. The second-order valence-electron chi connectivity index (χ2n) is 10.8. The van der Waals surface area contributed by atoms with E-state index in [2.05, 4.69) is 15.5 Å². The van der Waals surface area contributed by atoms with Crippen LogP contribution in [0.2, 0.25) is 0 Å². The van der Waals surface area contributed by atoms with Gasteiger partial charge in [0.05, 0.1) is 0 Å². The number of nitrogens with one attached hydrogen (secondary N) is 2. The number of rotatable bonds is 6. The Hall–Kier alpha value is -2.77. The fraction of sp³-hybridized carbons (Fsp3) is 0.654. The van der Waals surface area contributed by atoms with Crippen LogP contribution < -0.4 is 15.5 Å². The number of amides is 4. The van der Waals surface area contributed by atoms with Crippen LogP contribution in [0.15, 0.2) is 24.3 Å². The Kier molecular flexibility index (Phi) is 8.44. The first-order chi connectivity index (χ1) is 16.0. The van der Waals surface area contributed by atoms with E-state index in [0.29, 0.717) is 18.8 Å². The zero-order valence-electron chi connectivity index (χ0n) is 21.4. The summed E-state index contributed by atoms with van der Waals surface area (Å²) in [6, 6.07) is 7.74. The Labute approximate surface area is 204 Å². The van der Waals surface area contributed by atoms with Crippen LogP contribution in [-0.4, -0.2) is 71.9 Å². The number of carbonyl (C=O) groups is 3. The molecule has 0 atom stereocenters. The zero-order valence-corrected chi connectivity index (χ0v) is 21.4. The van der Waals surface area contributed by atoms with Gasteiger partial charge >= 0.3 is 6.03 Å². The minimum atomic E-state index is -0.246. The van der Waals surface area contributed by atoms with E-state index in [4.69, 9.17) is 0 Å². The van der Waals surface area contributed by atoms with Gasteiger partial charge in [0, 0.05) is 55.1 Å². The SMILES string of the molecule is CC(C)N(CC(=O)Nc1ccc(N2CCN(C(=O)NC(C)(C)C)CC2)cc1)C(=O)C1CCCC1. The molecule has 4 amide bonds. The van der Waals surface area contributed by atoms with E-state index >= 15 is 0 Å². The van der Waals surface area contributed by atoms with Crippen molar-refractivity contribution in [2.24, 2.45) is 5.92 Å². The summed E-state index contributed by atoms with van der Waals surface area (Å²) in [6.45, 7) is 12.8. The number of anilines is 2. The molecule has 2 fully saturated rings. The fourth-order valence-electron chi connectivity index (χ4n) is 4.60. The maximum absolute atomic E-state index is 12.8. The molecule has 0 unspecified atom stereocenters. The lowest BCUT2D eigenvalue weighted by Crippen LogP contribution is -2.55. The Bertz CT molecular complexity index is 848. The number of carbonyl (C=O) groups excluding carboxylic acids is 3. The van der Waals surface area contributed by atoms with Gasteiger partial charge in [-0.3, -0.25) is 9.59 Å². The van der Waals surface area contributed by atoms with Gasteiger partial charge in [-0.1, -0.05) is 12.8 Å². The molecule has 3 rings (SSSR count). The van der Waals surface area contributed by atoms with Crippen LogP contribution >= 0.6 is 0 Å². The highest BCUT2D eigenvalue weighted by Crippen LogP contribution is 2.27. The lowest BCUT2D eigenvalue weighted by molar-refractivity contribution is -0.140. The van der Waals surface area contributed by atoms with Crippen molar-refractivity contribution in [3.05, 3.63) is 24.3 Å². The van der Waals surface area contributed by atoms with Crippen LogP contribution in [0.4, 0.5) is 16.2 Å². The minimum absolute atomic E-state index is 0.00891. The highest BCUT2D eigenvalue weighted by atomic mass is 16.2. The van der Waals surface area contributed by atoms with E-state index in [-0.39, 0.29) is 41.9 Å². The average molecular weight is 472 g/mol. The minimum Gasteiger partial charge on any atom is -0.368 e. The molecule has 0 bridgehead atoms. The maximum Gasteiger partial charge on any atom is 0.317 e. The Morgan fingerprint density at radius 1 is 1.00 bits per heavy atom. The molecule has 0 aromatic heterocycles. The summed E-state index contributed by atoms with van der Waals surface area (Å²) in [7, 11) is 0. The largest absolute Gasteiger partial charge is 0.368 e. The van der Waals surface area contributed by atoms with Crippen molar-refractivity contribution in [1.29, 1.82) is 0 Å². The van der Waals surface area contributed by atoms with Crippen LogP contribution in [0, 0.1) is 5.92 Å². The summed E-state index contributed by atoms with van der Waals surface area (Å²) in [5, 5.41) is 5.95. The van der Waals surface area contributed by atoms with E-state index in [1.165, 1.54) is 0 Å². The molecule has 1 saturated heterocycles. The van der Waals surface area contributed by atoms with Crippen molar-refractivity contribution < 1.29 is 14.4 Å². The van der Waals surface area contributed by atoms with Crippen LogP contribution in [-0.2, 0) is 9.59 Å². The predicted molar refractivity (Wildman–Crippen MR) is 136 cm³/mol. The average Bonchev–Trinajstić information content (AvgIpc) is 3.31. The molecule has 1 aliphatic heterocycles. The molecule has 8 heteroatoms. The second kappa shape index (κ2) is 11.1. The first-order valence-electron chi connectivity index (χ1n) is 12.6. The van der Waals surface area contributed by atoms with Crippen molar-refractivity contribution in [3.8, 4) is 0 Å². The molecule has 1 aromatic rings. The van der Waals surface area contributed by atoms with Crippen LogP contribution in [0.5, 0.6) is 0 Å². The third-order valence-corrected chi connectivity index (χ3v) is 6.49. The van der Waals surface area contributed by atoms with Gasteiger partial charge in [0.25, 0.3) is 0 Å². The van der Waals surface area contributed by atoms with E-state index in [1.807, 2.05) is 63.8 Å².